The minimum atomic E-state index is -0.374. The summed E-state index contributed by atoms with van der Waals surface area (Å²) in [6.07, 6.45) is 5.62. The molecule has 82 valence electrons. The molecule has 1 atom stereocenters. The minimum absolute atomic E-state index is 0.0551. The summed E-state index contributed by atoms with van der Waals surface area (Å²) < 4.78 is 13.8. The maximum atomic E-state index is 13.2. The van der Waals surface area contributed by atoms with Crippen LogP contribution in [0.3, 0.4) is 0 Å². The van der Waals surface area contributed by atoms with Gasteiger partial charge in [-0.1, -0.05) is 15.9 Å². The number of carbonyl (C=O) groups is 1. The molecule has 1 unspecified atom stereocenters. The van der Waals surface area contributed by atoms with E-state index in [-0.39, 0.29) is 17.6 Å². The number of carbonyl (C=O) groups excluding carboxylic acids is 1. The molecular weight excluding hydrogens is 273 g/mol. The van der Waals surface area contributed by atoms with Gasteiger partial charge in [0.1, 0.15) is 5.82 Å². The number of terminal acetylenes is 1. The summed E-state index contributed by atoms with van der Waals surface area (Å²) in [7, 11) is 0. The second-order valence-corrected chi connectivity index (χ2v) is 4.62. The Balaban J connectivity index is 2.32. The van der Waals surface area contributed by atoms with E-state index in [4.69, 9.17) is 6.42 Å². The standard InChI is InChI=1S/C12H9BrFNO/c1-2-8-3-12(16)15(7-8)11-5-9(13)4-10(14)6-11/h1,4-6,8H,3,7H2. The van der Waals surface area contributed by atoms with Crippen molar-refractivity contribution in [2.75, 3.05) is 11.4 Å². The molecule has 0 radical (unpaired) electrons. The highest BCUT2D eigenvalue weighted by Crippen LogP contribution is 2.27. The van der Waals surface area contributed by atoms with E-state index >= 15 is 0 Å². The molecule has 0 aliphatic carbocycles. The van der Waals surface area contributed by atoms with Crippen LogP contribution < -0.4 is 4.90 Å². The van der Waals surface area contributed by atoms with Crippen LogP contribution in [0, 0.1) is 24.1 Å². The predicted molar refractivity (Wildman–Crippen MR) is 63.4 cm³/mol. The lowest BCUT2D eigenvalue weighted by Gasteiger charge is -2.16. The maximum Gasteiger partial charge on any atom is 0.228 e. The summed E-state index contributed by atoms with van der Waals surface area (Å²) in [4.78, 5) is 13.2. The van der Waals surface area contributed by atoms with Gasteiger partial charge >= 0.3 is 0 Å². The molecule has 2 rings (SSSR count). The first kappa shape index (κ1) is 11.2. The first-order valence-electron chi connectivity index (χ1n) is 4.82. The summed E-state index contributed by atoms with van der Waals surface area (Å²) in [5.74, 6) is 2.05. The van der Waals surface area contributed by atoms with Gasteiger partial charge < -0.3 is 4.90 Å². The molecule has 0 bridgehead atoms. The normalized spacial score (nSPS) is 19.9. The fraction of sp³-hybridized carbons (Fsp3) is 0.250. The van der Waals surface area contributed by atoms with Crippen LogP contribution in [-0.2, 0) is 4.79 Å². The Morgan fingerprint density at radius 3 is 2.81 bits per heavy atom. The molecule has 2 nitrogen and oxygen atoms in total. The Labute approximate surface area is 102 Å². The van der Waals surface area contributed by atoms with Crippen molar-refractivity contribution in [2.45, 2.75) is 6.42 Å². The molecule has 1 saturated heterocycles. The van der Waals surface area contributed by atoms with E-state index in [1.165, 1.54) is 17.0 Å². The van der Waals surface area contributed by atoms with Crippen molar-refractivity contribution >= 4 is 27.5 Å². The fourth-order valence-corrected chi connectivity index (χ4v) is 2.22. The van der Waals surface area contributed by atoms with Crippen LogP contribution in [0.4, 0.5) is 10.1 Å². The van der Waals surface area contributed by atoms with Gasteiger partial charge in [0.2, 0.25) is 5.91 Å². The Kier molecular flexibility index (Phi) is 2.97. The van der Waals surface area contributed by atoms with E-state index in [1.807, 2.05) is 0 Å². The smallest absolute Gasteiger partial charge is 0.228 e. The zero-order chi connectivity index (χ0) is 11.7. The van der Waals surface area contributed by atoms with Crippen molar-refractivity contribution in [3.8, 4) is 12.3 Å². The van der Waals surface area contributed by atoms with Gasteiger partial charge in [0.25, 0.3) is 0 Å². The van der Waals surface area contributed by atoms with Crippen molar-refractivity contribution in [1.82, 2.24) is 0 Å². The zero-order valence-corrected chi connectivity index (χ0v) is 10.00. The van der Waals surface area contributed by atoms with Gasteiger partial charge in [-0.25, -0.2) is 4.39 Å². The van der Waals surface area contributed by atoms with E-state index in [0.29, 0.717) is 23.1 Å². The quantitative estimate of drug-likeness (QED) is 0.725. The van der Waals surface area contributed by atoms with Crippen molar-refractivity contribution in [1.29, 1.82) is 0 Å². The highest BCUT2D eigenvalue weighted by atomic mass is 79.9. The molecule has 1 aromatic carbocycles. The van der Waals surface area contributed by atoms with Crippen LogP contribution in [0.1, 0.15) is 6.42 Å². The SMILES string of the molecule is C#CC1CC(=O)N(c2cc(F)cc(Br)c2)C1. The van der Waals surface area contributed by atoms with Gasteiger partial charge in [-0.15, -0.1) is 12.3 Å². The van der Waals surface area contributed by atoms with Crippen molar-refractivity contribution in [3.63, 3.8) is 0 Å². The molecule has 1 aromatic rings. The molecule has 1 aliphatic rings. The molecule has 0 spiro atoms. The molecule has 0 aromatic heterocycles. The second kappa shape index (κ2) is 4.26. The average Bonchev–Trinajstić information content (AvgIpc) is 2.58. The number of anilines is 1. The van der Waals surface area contributed by atoms with Gasteiger partial charge in [-0.05, 0) is 18.2 Å². The number of amides is 1. The van der Waals surface area contributed by atoms with E-state index in [9.17, 15) is 9.18 Å². The summed E-state index contributed by atoms with van der Waals surface area (Å²) >= 11 is 3.19. The summed E-state index contributed by atoms with van der Waals surface area (Å²) in [5, 5.41) is 0. The lowest BCUT2D eigenvalue weighted by Crippen LogP contribution is -2.24. The Morgan fingerprint density at radius 1 is 1.50 bits per heavy atom. The largest absolute Gasteiger partial charge is 0.311 e. The lowest BCUT2D eigenvalue weighted by atomic mass is 10.1. The molecule has 1 heterocycles. The highest BCUT2D eigenvalue weighted by Gasteiger charge is 2.29. The van der Waals surface area contributed by atoms with Crippen LogP contribution in [0.5, 0.6) is 0 Å². The number of rotatable bonds is 1. The minimum Gasteiger partial charge on any atom is -0.311 e. The predicted octanol–water partition coefficient (Wildman–Crippen LogP) is 2.57. The zero-order valence-electron chi connectivity index (χ0n) is 8.41. The number of benzene rings is 1. The Bertz CT molecular complexity index is 460. The van der Waals surface area contributed by atoms with Crippen LogP contribution in [-0.4, -0.2) is 12.5 Å². The van der Waals surface area contributed by atoms with Gasteiger partial charge in [0.15, 0.2) is 0 Å². The van der Waals surface area contributed by atoms with E-state index in [1.54, 1.807) is 6.07 Å². The van der Waals surface area contributed by atoms with E-state index in [0.717, 1.165) is 0 Å². The lowest BCUT2D eigenvalue weighted by molar-refractivity contribution is -0.117. The molecule has 1 amide bonds. The Hall–Kier alpha value is -1.34. The van der Waals surface area contributed by atoms with Crippen LogP contribution in [0.15, 0.2) is 22.7 Å². The van der Waals surface area contributed by atoms with Crippen molar-refractivity contribution < 1.29 is 9.18 Å². The Morgan fingerprint density at radius 2 is 2.25 bits per heavy atom. The third-order valence-corrected chi connectivity index (χ3v) is 2.98. The second-order valence-electron chi connectivity index (χ2n) is 3.70. The number of nitrogens with zero attached hydrogens (tertiary/aromatic N) is 1. The van der Waals surface area contributed by atoms with Gasteiger partial charge in [-0.2, -0.15) is 0 Å². The van der Waals surface area contributed by atoms with Crippen LogP contribution in [0.25, 0.3) is 0 Å². The fourth-order valence-electron chi connectivity index (χ4n) is 1.76. The van der Waals surface area contributed by atoms with Crippen LogP contribution in [0.2, 0.25) is 0 Å². The summed E-state index contributed by atoms with van der Waals surface area (Å²) in [6, 6.07) is 4.39. The highest BCUT2D eigenvalue weighted by molar-refractivity contribution is 9.10. The van der Waals surface area contributed by atoms with Crippen molar-refractivity contribution in [3.05, 3.63) is 28.5 Å². The first-order chi connectivity index (χ1) is 7.60. The molecule has 16 heavy (non-hydrogen) atoms. The topological polar surface area (TPSA) is 20.3 Å². The van der Waals surface area contributed by atoms with Gasteiger partial charge in [0.05, 0.1) is 0 Å². The molecule has 0 saturated carbocycles. The molecule has 0 N–H and O–H groups in total. The van der Waals surface area contributed by atoms with E-state index in [2.05, 4.69) is 21.9 Å². The summed E-state index contributed by atoms with van der Waals surface area (Å²) in [5.41, 5.74) is 0.551. The van der Waals surface area contributed by atoms with E-state index < -0.39 is 0 Å². The third-order valence-electron chi connectivity index (χ3n) is 2.52. The van der Waals surface area contributed by atoms with Crippen molar-refractivity contribution in [2.24, 2.45) is 5.92 Å². The number of hydrogen-bond donors (Lipinski definition) is 0. The number of halogens is 2. The molecular formula is C12H9BrFNO. The third kappa shape index (κ3) is 2.10. The average molecular weight is 282 g/mol. The molecule has 1 fully saturated rings. The monoisotopic (exact) mass is 281 g/mol. The molecule has 4 heteroatoms. The van der Waals surface area contributed by atoms with Gasteiger partial charge in [-0.3, -0.25) is 4.79 Å². The first-order valence-corrected chi connectivity index (χ1v) is 5.62. The van der Waals surface area contributed by atoms with Gasteiger partial charge in [0, 0.05) is 29.0 Å². The number of hydrogen-bond acceptors (Lipinski definition) is 1. The summed E-state index contributed by atoms with van der Waals surface area (Å²) in [6.45, 7) is 0.464. The van der Waals surface area contributed by atoms with Crippen LogP contribution >= 0.6 is 15.9 Å². The maximum absolute atomic E-state index is 13.2. The molecule has 1 aliphatic heterocycles.